The maximum atomic E-state index is 13.9. The Labute approximate surface area is 92.3 Å². The topological polar surface area (TPSA) is 9.23 Å². The van der Waals surface area contributed by atoms with Crippen LogP contribution in [0.15, 0.2) is 12.1 Å². The fraction of sp³-hybridized carbons (Fsp3) is 0.500. The molecule has 0 bridgehead atoms. The van der Waals surface area contributed by atoms with Crippen molar-refractivity contribution in [2.24, 2.45) is 0 Å². The van der Waals surface area contributed by atoms with E-state index in [1.165, 1.54) is 0 Å². The Morgan fingerprint density at radius 2 is 1.87 bits per heavy atom. The number of aryl methyl sites for hydroxylation is 1. The molecular formula is C12H19FOSi. The van der Waals surface area contributed by atoms with Crippen molar-refractivity contribution in [3.05, 3.63) is 23.5 Å². The minimum Gasteiger partial charge on any atom is -0.491 e. The fourth-order valence-electron chi connectivity index (χ4n) is 1.53. The molecule has 0 aliphatic heterocycles. The zero-order chi connectivity index (χ0) is 11.6. The second kappa shape index (κ2) is 4.35. The van der Waals surface area contributed by atoms with Gasteiger partial charge in [-0.3, -0.25) is 0 Å². The molecule has 1 rings (SSSR count). The minimum absolute atomic E-state index is 0.197. The molecule has 0 radical (unpaired) electrons. The van der Waals surface area contributed by atoms with E-state index < -0.39 is 8.07 Å². The summed E-state index contributed by atoms with van der Waals surface area (Å²) < 4.78 is 19.3. The van der Waals surface area contributed by atoms with E-state index in [1.807, 2.05) is 19.1 Å². The van der Waals surface area contributed by atoms with Gasteiger partial charge in [0.25, 0.3) is 0 Å². The molecule has 1 aromatic rings. The predicted molar refractivity (Wildman–Crippen MR) is 65.3 cm³/mol. The predicted octanol–water partition coefficient (Wildman–Crippen LogP) is 3.08. The average Bonchev–Trinajstić information content (AvgIpc) is 2.11. The first-order valence-corrected chi connectivity index (χ1v) is 8.80. The van der Waals surface area contributed by atoms with Crippen molar-refractivity contribution < 1.29 is 9.13 Å². The van der Waals surface area contributed by atoms with Gasteiger partial charge in [0.05, 0.1) is 14.7 Å². The average molecular weight is 226 g/mol. The summed E-state index contributed by atoms with van der Waals surface area (Å²) in [5, 5.41) is 1.06. The zero-order valence-corrected chi connectivity index (χ0v) is 11.1. The highest BCUT2D eigenvalue weighted by molar-refractivity contribution is 6.89. The number of ether oxygens (including phenoxy) is 1. The molecule has 3 heteroatoms. The summed E-state index contributed by atoms with van der Waals surface area (Å²) in [4.78, 5) is 0. The van der Waals surface area contributed by atoms with Crippen LogP contribution in [0.5, 0.6) is 5.75 Å². The number of rotatable bonds is 3. The van der Waals surface area contributed by atoms with Gasteiger partial charge in [0.1, 0.15) is 0 Å². The van der Waals surface area contributed by atoms with Crippen LogP contribution >= 0.6 is 0 Å². The van der Waals surface area contributed by atoms with E-state index in [2.05, 4.69) is 19.6 Å². The third kappa shape index (κ3) is 2.59. The van der Waals surface area contributed by atoms with E-state index in [0.29, 0.717) is 17.9 Å². The van der Waals surface area contributed by atoms with Gasteiger partial charge < -0.3 is 4.74 Å². The molecule has 0 atom stereocenters. The van der Waals surface area contributed by atoms with Gasteiger partial charge in [-0.15, -0.1) is 0 Å². The van der Waals surface area contributed by atoms with E-state index >= 15 is 0 Å². The Morgan fingerprint density at radius 3 is 2.33 bits per heavy atom. The fourth-order valence-corrected chi connectivity index (χ4v) is 2.98. The largest absolute Gasteiger partial charge is 0.491 e. The van der Waals surface area contributed by atoms with Gasteiger partial charge in [-0.25, -0.2) is 4.39 Å². The second-order valence-corrected chi connectivity index (χ2v) is 9.79. The normalized spacial score (nSPS) is 11.6. The summed E-state index contributed by atoms with van der Waals surface area (Å²) in [6.07, 6.45) is 0. The third-order valence-electron chi connectivity index (χ3n) is 2.39. The van der Waals surface area contributed by atoms with Crippen LogP contribution in [0, 0.1) is 12.7 Å². The molecule has 0 spiro atoms. The molecule has 0 aliphatic carbocycles. The molecule has 0 aromatic heterocycles. The highest BCUT2D eigenvalue weighted by Crippen LogP contribution is 2.21. The Kier molecular flexibility index (Phi) is 3.55. The molecule has 0 heterocycles. The number of hydrogen-bond acceptors (Lipinski definition) is 1. The Hall–Kier alpha value is -0.833. The SMILES string of the molecule is CCOc1c([Si](C)(C)C)ccc(C)c1F. The molecule has 1 aromatic carbocycles. The van der Waals surface area contributed by atoms with Crippen LogP contribution in [0.3, 0.4) is 0 Å². The molecule has 0 saturated heterocycles. The molecule has 15 heavy (non-hydrogen) atoms. The van der Waals surface area contributed by atoms with E-state index in [-0.39, 0.29) is 5.82 Å². The number of hydrogen-bond donors (Lipinski definition) is 0. The van der Waals surface area contributed by atoms with Crippen molar-refractivity contribution >= 4 is 13.3 Å². The lowest BCUT2D eigenvalue weighted by atomic mass is 10.2. The summed E-state index contributed by atoms with van der Waals surface area (Å²) in [5.74, 6) is 0.272. The number of benzene rings is 1. The summed E-state index contributed by atoms with van der Waals surface area (Å²) in [7, 11) is -1.53. The van der Waals surface area contributed by atoms with Gasteiger partial charge in [-0.2, -0.15) is 0 Å². The maximum absolute atomic E-state index is 13.9. The van der Waals surface area contributed by atoms with Gasteiger partial charge in [0, 0.05) is 0 Å². The van der Waals surface area contributed by atoms with Gasteiger partial charge in [-0.05, 0) is 24.6 Å². The van der Waals surface area contributed by atoms with Crippen LogP contribution in [-0.4, -0.2) is 14.7 Å². The highest BCUT2D eigenvalue weighted by atomic mass is 28.3. The highest BCUT2D eigenvalue weighted by Gasteiger charge is 2.24. The van der Waals surface area contributed by atoms with Crippen LogP contribution in [0.25, 0.3) is 0 Å². The molecule has 0 unspecified atom stereocenters. The van der Waals surface area contributed by atoms with Crippen LogP contribution in [0.2, 0.25) is 19.6 Å². The number of halogens is 1. The van der Waals surface area contributed by atoms with E-state index in [4.69, 9.17) is 4.74 Å². The second-order valence-electron chi connectivity index (χ2n) is 4.76. The first-order chi connectivity index (χ1) is 6.88. The standard InChI is InChI=1S/C12H19FOSi/c1-6-14-12-10(15(3,4)5)8-7-9(2)11(12)13/h7-8H,6H2,1-5H3. The van der Waals surface area contributed by atoms with Gasteiger partial charge >= 0.3 is 0 Å². The summed E-state index contributed by atoms with van der Waals surface area (Å²) in [5.41, 5.74) is 0.653. The van der Waals surface area contributed by atoms with Crippen molar-refractivity contribution in [3.63, 3.8) is 0 Å². The smallest absolute Gasteiger partial charge is 0.167 e. The van der Waals surface area contributed by atoms with E-state index in [0.717, 1.165) is 5.19 Å². The monoisotopic (exact) mass is 226 g/mol. The van der Waals surface area contributed by atoms with Crippen LogP contribution < -0.4 is 9.92 Å². The van der Waals surface area contributed by atoms with Crippen molar-refractivity contribution in [1.82, 2.24) is 0 Å². The molecule has 1 nitrogen and oxygen atoms in total. The van der Waals surface area contributed by atoms with Crippen LogP contribution in [0.4, 0.5) is 4.39 Å². The van der Waals surface area contributed by atoms with E-state index in [1.54, 1.807) is 6.92 Å². The molecule has 0 fully saturated rings. The Morgan fingerprint density at radius 1 is 1.27 bits per heavy atom. The summed E-state index contributed by atoms with van der Waals surface area (Å²) in [6, 6.07) is 3.85. The molecular weight excluding hydrogens is 207 g/mol. The molecule has 0 saturated carbocycles. The lowest BCUT2D eigenvalue weighted by Crippen LogP contribution is -2.39. The van der Waals surface area contributed by atoms with Crippen molar-refractivity contribution in [3.8, 4) is 5.75 Å². The zero-order valence-electron chi connectivity index (χ0n) is 10.1. The lowest BCUT2D eigenvalue weighted by molar-refractivity contribution is 0.323. The lowest BCUT2D eigenvalue weighted by Gasteiger charge is -2.21. The van der Waals surface area contributed by atoms with Crippen molar-refractivity contribution in [2.75, 3.05) is 6.61 Å². The Balaban J connectivity index is 3.33. The van der Waals surface area contributed by atoms with Gasteiger partial charge in [0.15, 0.2) is 11.6 Å². The van der Waals surface area contributed by atoms with Gasteiger partial charge in [0.2, 0.25) is 0 Å². The molecule has 0 aliphatic rings. The molecule has 0 N–H and O–H groups in total. The first-order valence-electron chi connectivity index (χ1n) is 5.30. The summed E-state index contributed by atoms with van der Waals surface area (Å²) >= 11 is 0. The molecule has 84 valence electrons. The minimum atomic E-state index is -1.53. The molecule has 0 amide bonds. The first kappa shape index (κ1) is 12.2. The van der Waals surface area contributed by atoms with Crippen molar-refractivity contribution in [2.45, 2.75) is 33.5 Å². The maximum Gasteiger partial charge on any atom is 0.167 e. The third-order valence-corrected chi connectivity index (χ3v) is 4.40. The van der Waals surface area contributed by atoms with Crippen LogP contribution in [-0.2, 0) is 0 Å². The van der Waals surface area contributed by atoms with E-state index in [9.17, 15) is 4.39 Å². The quantitative estimate of drug-likeness (QED) is 0.720. The summed E-state index contributed by atoms with van der Waals surface area (Å²) in [6.45, 7) is 10.7. The van der Waals surface area contributed by atoms with Crippen molar-refractivity contribution in [1.29, 1.82) is 0 Å². The Bertz CT molecular complexity index is 355. The van der Waals surface area contributed by atoms with Crippen LogP contribution in [0.1, 0.15) is 12.5 Å². The van der Waals surface area contributed by atoms with Gasteiger partial charge in [-0.1, -0.05) is 31.8 Å².